The number of anilines is 2. The van der Waals surface area contributed by atoms with Gasteiger partial charge in [0.1, 0.15) is 28.9 Å². The second kappa shape index (κ2) is 9.43. The van der Waals surface area contributed by atoms with Crippen LogP contribution in [0.2, 0.25) is 0 Å². The van der Waals surface area contributed by atoms with E-state index in [-0.39, 0.29) is 22.7 Å². The van der Waals surface area contributed by atoms with Gasteiger partial charge in [0, 0.05) is 43.6 Å². The van der Waals surface area contributed by atoms with Crippen molar-refractivity contribution >= 4 is 22.5 Å². The van der Waals surface area contributed by atoms with Gasteiger partial charge in [-0.2, -0.15) is 5.26 Å². The fourth-order valence-corrected chi connectivity index (χ4v) is 5.42. The molecule has 0 N–H and O–H groups in total. The number of hydrogen-bond acceptors (Lipinski definition) is 5. The Hall–Kier alpha value is -4.06. The number of piperidine rings is 1. The van der Waals surface area contributed by atoms with E-state index in [1.807, 2.05) is 11.0 Å². The molecule has 2 saturated heterocycles. The number of rotatable bonds is 4. The van der Waals surface area contributed by atoms with Crippen LogP contribution in [0.1, 0.15) is 37.7 Å². The number of aromatic nitrogens is 3. The van der Waals surface area contributed by atoms with Crippen LogP contribution < -0.4 is 9.80 Å². The highest BCUT2D eigenvalue weighted by molar-refractivity contribution is 5.90. The van der Waals surface area contributed by atoms with Crippen LogP contribution in [0, 0.1) is 28.8 Å². The Morgan fingerprint density at radius 2 is 1.46 bits per heavy atom. The molecule has 0 spiro atoms. The van der Waals surface area contributed by atoms with Gasteiger partial charge in [-0.15, -0.1) is 0 Å². The topological polar surface area (TPSA) is 61.0 Å². The summed E-state index contributed by atoms with van der Waals surface area (Å²) in [5.74, 6) is -2.07. The molecule has 2 aromatic heterocycles. The lowest BCUT2D eigenvalue weighted by Crippen LogP contribution is -2.29. The second-order valence-corrected chi connectivity index (χ2v) is 9.58. The molecule has 188 valence electrons. The number of pyridine rings is 1. The summed E-state index contributed by atoms with van der Waals surface area (Å²) < 4.78 is 47.4. The second-order valence-electron chi connectivity index (χ2n) is 9.58. The monoisotopic (exact) mass is 502 g/mol. The maximum Gasteiger partial charge on any atom is 0.167 e. The van der Waals surface area contributed by atoms with Crippen LogP contribution >= 0.6 is 0 Å². The first kappa shape index (κ1) is 23.3. The highest BCUT2D eigenvalue weighted by Gasteiger charge is 2.26. The van der Waals surface area contributed by atoms with Crippen molar-refractivity contribution in [3.8, 4) is 23.1 Å². The highest BCUT2D eigenvalue weighted by Crippen LogP contribution is 2.37. The van der Waals surface area contributed by atoms with Crippen LogP contribution in [0.25, 0.3) is 28.2 Å². The Morgan fingerprint density at radius 1 is 0.784 bits per heavy atom. The maximum absolute atomic E-state index is 15.7. The van der Waals surface area contributed by atoms with Gasteiger partial charge in [-0.25, -0.2) is 23.1 Å². The average molecular weight is 503 g/mol. The van der Waals surface area contributed by atoms with Gasteiger partial charge in [-0.05, 0) is 68.5 Å². The zero-order chi connectivity index (χ0) is 25.5. The standard InChI is InChI=1S/C28H25F3N6/c29-21-14-18(6-7-19(21)17-32)27-34-25-24(36-12-2-1-3-13-36)8-9-33-28(25)37(27)26-22(30)15-20(16-23(26)31)35-10-4-5-11-35/h6-9,14-16H,1-5,10-13H2. The number of hydrogen-bond donors (Lipinski definition) is 0. The normalized spacial score (nSPS) is 15.9. The van der Waals surface area contributed by atoms with E-state index in [0.29, 0.717) is 16.8 Å². The van der Waals surface area contributed by atoms with Crippen LogP contribution in [0.4, 0.5) is 24.5 Å². The minimum absolute atomic E-state index is 0.120. The Kier molecular flexibility index (Phi) is 5.95. The molecule has 4 heterocycles. The van der Waals surface area contributed by atoms with Crippen LogP contribution in [0.5, 0.6) is 0 Å². The van der Waals surface area contributed by atoms with E-state index in [1.165, 1.54) is 34.9 Å². The third-order valence-corrected chi connectivity index (χ3v) is 7.27. The molecule has 6 nitrogen and oxygen atoms in total. The minimum Gasteiger partial charge on any atom is -0.371 e. The number of nitrogens with zero attached hydrogens (tertiary/aromatic N) is 6. The van der Waals surface area contributed by atoms with E-state index in [2.05, 4.69) is 9.88 Å². The molecule has 9 heteroatoms. The van der Waals surface area contributed by atoms with Crippen LogP contribution in [-0.4, -0.2) is 40.7 Å². The summed E-state index contributed by atoms with van der Waals surface area (Å²) in [6.45, 7) is 3.20. The quantitative estimate of drug-likeness (QED) is 0.344. The van der Waals surface area contributed by atoms with E-state index in [9.17, 15) is 4.39 Å². The number of nitriles is 1. The Bertz CT molecular complexity index is 1500. The zero-order valence-corrected chi connectivity index (χ0v) is 20.2. The van der Waals surface area contributed by atoms with Gasteiger partial charge in [0.25, 0.3) is 0 Å². The molecule has 0 saturated carbocycles. The summed E-state index contributed by atoms with van der Waals surface area (Å²) in [4.78, 5) is 13.4. The lowest BCUT2D eigenvalue weighted by atomic mass is 10.1. The Balaban J connectivity index is 1.59. The van der Waals surface area contributed by atoms with Gasteiger partial charge in [0.15, 0.2) is 17.3 Å². The molecule has 2 aliphatic heterocycles. The number of benzene rings is 2. The van der Waals surface area contributed by atoms with Crippen molar-refractivity contribution in [3.63, 3.8) is 0 Å². The van der Waals surface area contributed by atoms with Crippen molar-refractivity contribution in [1.29, 1.82) is 5.26 Å². The number of fused-ring (bicyclic) bond motifs is 1. The first-order chi connectivity index (χ1) is 18.0. The van der Waals surface area contributed by atoms with Gasteiger partial charge in [0.2, 0.25) is 0 Å². The van der Waals surface area contributed by atoms with E-state index in [1.54, 1.807) is 12.3 Å². The predicted octanol–water partition coefficient (Wildman–Crippen LogP) is 5.97. The number of halogens is 3. The third kappa shape index (κ3) is 4.06. The zero-order valence-electron chi connectivity index (χ0n) is 20.2. The lowest BCUT2D eigenvalue weighted by molar-refractivity contribution is 0.570. The molecule has 0 bridgehead atoms. The van der Waals surface area contributed by atoms with Crippen molar-refractivity contribution in [2.45, 2.75) is 32.1 Å². The van der Waals surface area contributed by atoms with E-state index >= 15 is 8.78 Å². The summed E-state index contributed by atoms with van der Waals surface area (Å²) in [6, 6.07) is 10.4. The molecule has 4 aromatic rings. The summed E-state index contributed by atoms with van der Waals surface area (Å²) in [5, 5.41) is 9.17. The fraction of sp³-hybridized carbons (Fsp3) is 0.321. The van der Waals surface area contributed by atoms with Crippen LogP contribution in [0.3, 0.4) is 0 Å². The summed E-state index contributed by atoms with van der Waals surface area (Å²) in [6.07, 6.45) is 6.80. The molecule has 6 rings (SSSR count). The fourth-order valence-electron chi connectivity index (χ4n) is 5.42. The van der Waals surface area contributed by atoms with Gasteiger partial charge < -0.3 is 9.80 Å². The van der Waals surface area contributed by atoms with Gasteiger partial charge in [0.05, 0.1) is 11.3 Å². The first-order valence-corrected chi connectivity index (χ1v) is 12.6. The van der Waals surface area contributed by atoms with Crippen molar-refractivity contribution in [1.82, 2.24) is 14.5 Å². The molecule has 2 aliphatic rings. The SMILES string of the molecule is N#Cc1ccc(-c2nc3c(N4CCCCC4)ccnc3n2-c2c(F)cc(N3CCCC3)cc2F)cc1F. The Labute approximate surface area is 212 Å². The molecule has 0 radical (unpaired) electrons. The van der Waals surface area contributed by atoms with Gasteiger partial charge >= 0.3 is 0 Å². The largest absolute Gasteiger partial charge is 0.371 e. The molecule has 0 aliphatic carbocycles. The highest BCUT2D eigenvalue weighted by atomic mass is 19.1. The minimum atomic E-state index is -0.748. The molecular formula is C28H25F3N6. The Morgan fingerprint density at radius 3 is 2.14 bits per heavy atom. The van der Waals surface area contributed by atoms with Crippen molar-refractivity contribution in [2.24, 2.45) is 0 Å². The number of imidazole rings is 1. The molecule has 2 aromatic carbocycles. The molecule has 0 amide bonds. The maximum atomic E-state index is 15.7. The van der Waals surface area contributed by atoms with Crippen LogP contribution in [0.15, 0.2) is 42.6 Å². The smallest absolute Gasteiger partial charge is 0.167 e. The lowest BCUT2D eigenvalue weighted by Gasteiger charge is -2.28. The van der Waals surface area contributed by atoms with E-state index in [4.69, 9.17) is 10.2 Å². The molecule has 0 unspecified atom stereocenters. The molecule has 0 atom stereocenters. The summed E-state index contributed by atoms with van der Waals surface area (Å²) in [7, 11) is 0. The summed E-state index contributed by atoms with van der Waals surface area (Å²) >= 11 is 0. The van der Waals surface area contributed by atoms with E-state index in [0.717, 1.165) is 64.0 Å². The average Bonchev–Trinajstić information content (AvgIpc) is 3.58. The van der Waals surface area contributed by atoms with Crippen LogP contribution in [-0.2, 0) is 0 Å². The van der Waals surface area contributed by atoms with E-state index < -0.39 is 17.5 Å². The first-order valence-electron chi connectivity index (χ1n) is 12.6. The third-order valence-electron chi connectivity index (χ3n) is 7.27. The predicted molar refractivity (Wildman–Crippen MR) is 136 cm³/mol. The molecule has 37 heavy (non-hydrogen) atoms. The van der Waals surface area contributed by atoms with Crippen molar-refractivity contribution < 1.29 is 13.2 Å². The van der Waals surface area contributed by atoms with Gasteiger partial charge in [-0.1, -0.05) is 0 Å². The molecule has 2 fully saturated rings. The summed E-state index contributed by atoms with van der Waals surface area (Å²) in [5.41, 5.74) is 1.96. The van der Waals surface area contributed by atoms with Gasteiger partial charge in [-0.3, -0.25) is 4.57 Å². The molecular weight excluding hydrogens is 477 g/mol. The van der Waals surface area contributed by atoms with Crippen molar-refractivity contribution in [2.75, 3.05) is 36.0 Å². The van der Waals surface area contributed by atoms with Crippen molar-refractivity contribution in [3.05, 3.63) is 65.6 Å².